The minimum absolute atomic E-state index is 0.176. The van der Waals surface area contributed by atoms with Gasteiger partial charge in [0.1, 0.15) is 13.2 Å². The van der Waals surface area contributed by atoms with Gasteiger partial charge in [0.15, 0.2) is 6.10 Å². The number of hydrogen-bond acceptors (Lipinski definition) is 7. The Balaban J connectivity index is 4.12. The van der Waals surface area contributed by atoms with Crippen LogP contribution in [0.25, 0.3) is 0 Å². The molecule has 97 heavy (non-hydrogen) atoms. The summed E-state index contributed by atoms with van der Waals surface area (Å²) in [6, 6.07) is 0. The van der Waals surface area contributed by atoms with Gasteiger partial charge >= 0.3 is 17.9 Å². The second-order valence-electron chi connectivity index (χ2n) is 27.3. The predicted molar refractivity (Wildman–Crippen MR) is 419 cm³/mol. The lowest BCUT2D eigenvalue weighted by molar-refractivity contribution is -0.870. The topological polar surface area (TPSA) is 108 Å². The summed E-state index contributed by atoms with van der Waals surface area (Å²) in [5, 5.41) is 9.77. The number of likely N-dealkylation sites (N-methyl/N-ethyl adjacent to an activating group) is 1. The van der Waals surface area contributed by atoms with Crippen LogP contribution in [0.1, 0.15) is 322 Å². The molecule has 0 heterocycles. The van der Waals surface area contributed by atoms with Crippen LogP contribution in [-0.4, -0.2) is 87.4 Å². The van der Waals surface area contributed by atoms with Crippen molar-refractivity contribution >= 4 is 17.9 Å². The molecule has 0 aromatic carbocycles. The summed E-state index contributed by atoms with van der Waals surface area (Å²) < 4.78 is 23.0. The molecule has 0 fully saturated rings. The lowest BCUT2D eigenvalue weighted by Gasteiger charge is -2.25. The maximum atomic E-state index is 13.0. The summed E-state index contributed by atoms with van der Waals surface area (Å²) in [6.07, 6.45) is 111. The average Bonchev–Trinajstić information content (AvgIpc) is 3.74. The Kier molecular flexibility index (Phi) is 72.6. The van der Waals surface area contributed by atoms with Crippen LogP contribution >= 0.6 is 0 Å². The highest BCUT2D eigenvalue weighted by Gasteiger charge is 2.25. The summed E-state index contributed by atoms with van der Waals surface area (Å²) in [6.45, 7) is 4.73. The van der Waals surface area contributed by atoms with E-state index in [1.54, 1.807) is 0 Å². The molecule has 0 saturated heterocycles. The number of carbonyl (C=O) groups excluding carboxylic acids is 2. The first kappa shape index (κ1) is 91.9. The molecule has 0 aromatic heterocycles. The van der Waals surface area contributed by atoms with Gasteiger partial charge in [-0.15, -0.1) is 0 Å². The molecule has 9 nitrogen and oxygen atoms in total. The van der Waals surface area contributed by atoms with Crippen molar-refractivity contribution in [1.82, 2.24) is 0 Å². The second kappa shape index (κ2) is 76.7. The van der Waals surface area contributed by atoms with Crippen LogP contribution in [0.3, 0.4) is 0 Å². The number of quaternary nitrogens is 1. The Morgan fingerprint density at radius 3 is 0.876 bits per heavy atom. The number of esters is 2. The third kappa shape index (κ3) is 78.1. The zero-order valence-electron chi connectivity index (χ0n) is 63.2. The summed E-state index contributed by atoms with van der Waals surface area (Å²) in [5.74, 6) is -2.04. The van der Waals surface area contributed by atoms with Crippen LogP contribution in [-0.2, 0) is 33.3 Å². The molecule has 0 bridgehead atoms. The van der Waals surface area contributed by atoms with Gasteiger partial charge in [-0.1, -0.05) is 339 Å². The summed E-state index contributed by atoms with van der Waals surface area (Å²) in [5.41, 5.74) is 0. The van der Waals surface area contributed by atoms with Crippen molar-refractivity contribution < 1.29 is 42.9 Å². The zero-order valence-corrected chi connectivity index (χ0v) is 63.2. The van der Waals surface area contributed by atoms with E-state index in [1.165, 1.54) is 167 Å². The van der Waals surface area contributed by atoms with Crippen molar-refractivity contribution in [3.05, 3.63) is 158 Å². The van der Waals surface area contributed by atoms with E-state index in [-0.39, 0.29) is 32.2 Å². The summed E-state index contributed by atoms with van der Waals surface area (Å²) >= 11 is 0. The Morgan fingerprint density at radius 2 is 0.588 bits per heavy atom. The maximum Gasteiger partial charge on any atom is 0.361 e. The Bertz CT molecular complexity index is 2160. The molecule has 0 spiro atoms. The van der Waals surface area contributed by atoms with Crippen molar-refractivity contribution in [2.45, 2.75) is 334 Å². The highest BCUT2D eigenvalue weighted by atomic mass is 16.7. The lowest BCUT2D eigenvalue weighted by Crippen LogP contribution is -2.40. The number of allylic oxidation sites excluding steroid dienone is 26. The van der Waals surface area contributed by atoms with Gasteiger partial charge in [-0.2, -0.15) is 0 Å². The number of carboxylic acids is 1. The molecule has 0 amide bonds. The number of hydrogen-bond donors (Lipinski definition) is 1. The molecule has 2 atom stereocenters. The molecule has 0 aromatic rings. The van der Waals surface area contributed by atoms with Gasteiger partial charge in [-0.25, -0.2) is 4.79 Å². The van der Waals surface area contributed by atoms with Gasteiger partial charge in [-0.05, 0) is 128 Å². The molecule has 0 aliphatic carbocycles. The lowest BCUT2D eigenvalue weighted by atomic mass is 10.0. The molecule has 0 rings (SSSR count). The first-order chi connectivity index (χ1) is 47.6. The third-order valence-electron chi connectivity index (χ3n) is 16.8. The standard InChI is InChI=1S/C88H147NO8/c1-6-8-10-12-14-16-18-20-22-24-26-28-30-32-34-36-38-40-42-43-45-46-48-50-52-54-56-58-60-62-64-66-68-70-72-74-76-78-85(90)95-82-84(83-96-88(87(92)93)94-81-80-89(3,4)5)97-86(91)79-77-75-73-71-69-67-65-63-61-59-57-55-53-51-49-47-44-41-39-37-35-33-31-29-27-25-23-21-19-17-15-13-11-9-7-2/h9,11,15,17-18,20-21,23-24,26-27,29-30,32-33,35,39,41,47,49,53,55,59,61,65,67,84,88H,6-8,10,12-14,16,19,22,25,28,31,34,36-38,40,42-46,48,50-52,54,56-58,60,62-64,66,68-83H2,1-5H3/p+1/b11-9-,17-15-,20-18-,23-21-,26-24-,29-27-,32-30-,35-33-,41-39-,49-47-,55-53-,61-59-,67-65-. The highest BCUT2D eigenvalue weighted by molar-refractivity contribution is 5.71. The Morgan fingerprint density at radius 1 is 0.320 bits per heavy atom. The predicted octanol–water partition coefficient (Wildman–Crippen LogP) is 25.6. The third-order valence-corrected chi connectivity index (χ3v) is 16.8. The molecule has 552 valence electrons. The SMILES string of the molecule is CC/C=C\C/C=C\C/C=C\C/C=C\C/C=C\C/C=C\C/C=C\C/C=C\C/C=C\C/C=C\CCCCCCC(=O)OC(COC(=O)CCCCCCCCCCCCCCCCCCCCCCCC/C=C\C/C=C\C/C=C\CCCCCCC)COC(OCC[N+](C)(C)C)C(=O)O. The number of nitrogens with zero attached hydrogens (tertiary/aromatic N) is 1. The summed E-state index contributed by atoms with van der Waals surface area (Å²) in [4.78, 5) is 37.7. The van der Waals surface area contributed by atoms with Gasteiger partial charge in [0, 0.05) is 12.8 Å². The van der Waals surface area contributed by atoms with E-state index >= 15 is 0 Å². The minimum Gasteiger partial charge on any atom is -0.477 e. The monoisotopic (exact) mass is 1350 g/mol. The van der Waals surface area contributed by atoms with Crippen LogP contribution in [0.2, 0.25) is 0 Å². The highest BCUT2D eigenvalue weighted by Crippen LogP contribution is 2.18. The quantitative estimate of drug-likeness (QED) is 0.0211. The Labute approximate surface area is 597 Å². The first-order valence-corrected chi connectivity index (χ1v) is 39.6. The molecule has 0 aliphatic heterocycles. The van der Waals surface area contributed by atoms with Crippen molar-refractivity contribution in [2.24, 2.45) is 0 Å². The van der Waals surface area contributed by atoms with E-state index in [0.717, 1.165) is 122 Å². The van der Waals surface area contributed by atoms with Crippen molar-refractivity contribution in [3.8, 4) is 0 Å². The van der Waals surface area contributed by atoms with E-state index in [9.17, 15) is 19.5 Å². The number of carboxylic acid groups (broad SMARTS) is 1. The first-order valence-electron chi connectivity index (χ1n) is 39.6. The van der Waals surface area contributed by atoms with Gasteiger partial charge in [0.25, 0.3) is 6.29 Å². The van der Waals surface area contributed by atoms with Gasteiger partial charge in [0.05, 0.1) is 34.4 Å². The normalized spacial score (nSPS) is 13.5. The number of unbranched alkanes of at least 4 members (excludes halogenated alkanes) is 31. The van der Waals surface area contributed by atoms with Crippen molar-refractivity contribution in [3.63, 3.8) is 0 Å². The average molecular weight is 1350 g/mol. The van der Waals surface area contributed by atoms with E-state index in [0.29, 0.717) is 23.9 Å². The fourth-order valence-electron chi connectivity index (χ4n) is 10.8. The fraction of sp³-hybridized carbons (Fsp3) is 0.670. The molecular formula is C88H148NO8+. The number of carbonyl (C=O) groups is 3. The second-order valence-corrected chi connectivity index (χ2v) is 27.3. The fourth-order valence-corrected chi connectivity index (χ4v) is 10.8. The summed E-state index contributed by atoms with van der Waals surface area (Å²) in [7, 11) is 5.97. The molecule has 0 radical (unpaired) electrons. The Hall–Kier alpha value is -5.09. The largest absolute Gasteiger partial charge is 0.477 e. The number of rotatable bonds is 72. The van der Waals surface area contributed by atoms with Gasteiger partial charge in [0.2, 0.25) is 0 Å². The molecule has 9 heteroatoms. The number of aliphatic carboxylic acids is 1. The molecule has 0 saturated carbocycles. The van der Waals surface area contributed by atoms with E-state index in [1.807, 2.05) is 21.1 Å². The van der Waals surface area contributed by atoms with Crippen molar-refractivity contribution in [2.75, 3.05) is 47.5 Å². The molecule has 2 unspecified atom stereocenters. The van der Waals surface area contributed by atoms with Crippen LogP contribution in [0.4, 0.5) is 0 Å². The van der Waals surface area contributed by atoms with Gasteiger partial charge < -0.3 is 28.5 Å². The molecule has 1 N–H and O–H groups in total. The zero-order chi connectivity index (χ0) is 70.4. The van der Waals surface area contributed by atoms with E-state index in [4.69, 9.17) is 18.9 Å². The molecular weight excluding hydrogens is 1200 g/mol. The minimum atomic E-state index is -1.53. The van der Waals surface area contributed by atoms with E-state index < -0.39 is 24.3 Å². The van der Waals surface area contributed by atoms with Crippen LogP contribution < -0.4 is 0 Å². The van der Waals surface area contributed by atoms with E-state index in [2.05, 4.69) is 172 Å². The van der Waals surface area contributed by atoms with Crippen LogP contribution in [0.15, 0.2) is 158 Å². The number of ether oxygens (including phenoxy) is 4. The smallest absolute Gasteiger partial charge is 0.361 e. The van der Waals surface area contributed by atoms with Gasteiger partial charge in [-0.3, -0.25) is 9.59 Å². The molecule has 0 aliphatic rings. The van der Waals surface area contributed by atoms with Crippen LogP contribution in [0, 0.1) is 0 Å². The van der Waals surface area contributed by atoms with Crippen molar-refractivity contribution in [1.29, 1.82) is 0 Å². The maximum absolute atomic E-state index is 13.0. The van der Waals surface area contributed by atoms with Crippen LogP contribution in [0.5, 0.6) is 0 Å².